The third kappa shape index (κ3) is 4.76. The first kappa shape index (κ1) is 23.1. The van der Waals surface area contributed by atoms with Gasteiger partial charge in [-0.2, -0.15) is 0 Å². The van der Waals surface area contributed by atoms with Gasteiger partial charge in [0.05, 0.1) is 12.1 Å². The summed E-state index contributed by atoms with van der Waals surface area (Å²) in [6, 6.07) is 16.4. The van der Waals surface area contributed by atoms with Crippen LogP contribution in [-0.4, -0.2) is 53.8 Å². The Balaban J connectivity index is 1.27. The van der Waals surface area contributed by atoms with Crippen LogP contribution in [0, 0.1) is 12.8 Å². The molecule has 180 valence electrons. The molecule has 1 saturated carbocycles. The molecule has 1 heterocycles. The largest absolute Gasteiger partial charge is 0.348 e. The summed E-state index contributed by atoms with van der Waals surface area (Å²) < 4.78 is 0. The number of fused-ring (bicyclic) bond motifs is 1. The Morgan fingerprint density at radius 1 is 0.882 bits per heavy atom. The quantitative estimate of drug-likeness (QED) is 0.716. The molecule has 5 heteroatoms. The predicted molar refractivity (Wildman–Crippen MR) is 135 cm³/mol. The topological polar surface area (TPSA) is 52.7 Å². The number of aryl methyl sites for hydroxylation is 2. The highest BCUT2D eigenvalue weighted by Crippen LogP contribution is 2.33. The van der Waals surface area contributed by atoms with Gasteiger partial charge in [-0.15, -0.1) is 0 Å². The van der Waals surface area contributed by atoms with E-state index in [-0.39, 0.29) is 23.9 Å². The summed E-state index contributed by atoms with van der Waals surface area (Å²) in [5.74, 6) is 0.711. The second-order valence-electron chi connectivity index (χ2n) is 10.3. The lowest BCUT2D eigenvalue weighted by molar-refractivity contribution is -0.130. The van der Waals surface area contributed by atoms with Gasteiger partial charge >= 0.3 is 0 Å². The monoisotopic (exact) mass is 459 g/mol. The second kappa shape index (κ2) is 10.3. The molecule has 0 bridgehead atoms. The van der Waals surface area contributed by atoms with E-state index in [1.54, 1.807) is 0 Å². The van der Waals surface area contributed by atoms with Crippen LogP contribution in [0.25, 0.3) is 0 Å². The summed E-state index contributed by atoms with van der Waals surface area (Å²) in [6.07, 6.45) is 7.92. The zero-order valence-corrected chi connectivity index (χ0v) is 20.3. The van der Waals surface area contributed by atoms with Crippen molar-refractivity contribution in [1.82, 2.24) is 15.1 Å². The number of carbonyl (C=O) groups excluding carboxylic acids is 2. The number of carbonyl (C=O) groups is 2. The van der Waals surface area contributed by atoms with E-state index in [1.807, 2.05) is 36.1 Å². The van der Waals surface area contributed by atoms with E-state index in [4.69, 9.17) is 0 Å². The average Bonchev–Trinajstić information content (AvgIpc) is 3.39. The van der Waals surface area contributed by atoms with E-state index in [9.17, 15) is 9.59 Å². The van der Waals surface area contributed by atoms with E-state index in [0.717, 1.165) is 56.3 Å². The maximum absolute atomic E-state index is 13.8. The number of amides is 2. The highest BCUT2D eigenvalue weighted by Gasteiger charge is 2.38. The fraction of sp³-hybridized carbons (Fsp3) is 0.517. The Labute approximate surface area is 203 Å². The van der Waals surface area contributed by atoms with Crippen LogP contribution in [0.5, 0.6) is 0 Å². The molecule has 1 N–H and O–H groups in total. The zero-order valence-electron chi connectivity index (χ0n) is 20.3. The van der Waals surface area contributed by atoms with Crippen molar-refractivity contribution in [3.05, 3.63) is 70.8 Å². The van der Waals surface area contributed by atoms with Gasteiger partial charge in [0.2, 0.25) is 5.91 Å². The van der Waals surface area contributed by atoms with Crippen molar-refractivity contribution in [2.75, 3.05) is 26.2 Å². The lowest BCUT2D eigenvalue weighted by atomic mass is 9.87. The standard InChI is InChI=1S/C29H37N3O2/c1-21-9-2-6-14-24(21)29(34)32-19-17-31(18-20-32)27(23-11-3-4-12-23)28(33)30-26-16-8-13-22-10-5-7-15-25(22)26/h2,5-7,9-10,14-15,23,26-27H,3-4,8,11-13,16-20H2,1H3,(H,30,33)/t26-,27+/m1/s1. The van der Waals surface area contributed by atoms with Crippen LogP contribution in [0.1, 0.15) is 71.6 Å². The minimum Gasteiger partial charge on any atom is -0.348 e. The highest BCUT2D eigenvalue weighted by atomic mass is 16.2. The van der Waals surface area contributed by atoms with Gasteiger partial charge < -0.3 is 10.2 Å². The summed E-state index contributed by atoms with van der Waals surface area (Å²) in [5, 5.41) is 3.46. The average molecular weight is 460 g/mol. The molecule has 2 fully saturated rings. The Kier molecular flexibility index (Phi) is 7.00. The molecule has 2 aliphatic carbocycles. The molecule has 34 heavy (non-hydrogen) atoms. The van der Waals surface area contributed by atoms with Gasteiger partial charge in [-0.05, 0) is 67.7 Å². The van der Waals surface area contributed by atoms with Crippen molar-refractivity contribution in [3.8, 4) is 0 Å². The Bertz CT molecular complexity index is 1020. The van der Waals surface area contributed by atoms with Gasteiger partial charge in [-0.3, -0.25) is 14.5 Å². The predicted octanol–water partition coefficient (Wildman–Crippen LogP) is 4.51. The molecule has 0 radical (unpaired) electrons. The number of rotatable bonds is 5. The minimum atomic E-state index is -0.0905. The van der Waals surface area contributed by atoms with Crippen LogP contribution in [0.15, 0.2) is 48.5 Å². The van der Waals surface area contributed by atoms with Gasteiger partial charge in [0.1, 0.15) is 0 Å². The summed E-state index contributed by atoms with van der Waals surface area (Å²) >= 11 is 0. The van der Waals surface area contributed by atoms with E-state index >= 15 is 0 Å². The SMILES string of the molecule is Cc1ccccc1C(=O)N1CCN([C@H](C(=O)N[C@@H]2CCCc3ccccc32)C2CCCC2)CC1. The lowest BCUT2D eigenvalue weighted by Crippen LogP contribution is -2.58. The fourth-order valence-electron chi connectivity index (χ4n) is 6.30. The van der Waals surface area contributed by atoms with Crippen LogP contribution < -0.4 is 5.32 Å². The van der Waals surface area contributed by atoms with Crippen molar-refractivity contribution in [2.24, 2.45) is 5.92 Å². The van der Waals surface area contributed by atoms with Crippen molar-refractivity contribution in [3.63, 3.8) is 0 Å². The van der Waals surface area contributed by atoms with Crippen molar-refractivity contribution < 1.29 is 9.59 Å². The molecule has 1 saturated heterocycles. The molecule has 0 aromatic heterocycles. The number of piperazine rings is 1. The van der Waals surface area contributed by atoms with Gasteiger partial charge in [-0.25, -0.2) is 0 Å². The van der Waals surface area contributed by atoms with Crippen LogP contribution >= 0.6 is 0 Å². The summed E-state index contributed by atoms with van der Waals surface area (Å²) in [7, 11) is 0. The minimum absolute atomic E-state index is 0.0905. The van der Waals surface area contributed by atoms with Crippen molar-refractivity contribution in [1.29, 1.82) is 0 Å². The first-order valence-electron chi connectivity index (χ1n) is 13.1. The zero-order chi connectivity index (χ0) is 23.5. The van der Waals surface area contributed by atoms with Gasteiger partial charge in [0, 0.05) is 31.7 Å². The summed E-state index contributed by atoms with van der Waals surface area (Å²) in [4.78, 5) is 31.2. The molecule has 5 nitrogen and oxygen atoms in total. The first-order chi connectivity index (χ1) is 16.6. The fourth-order valence-corrected chi connectivity index (χ4v) is 6.30. The number of hydrogen-bond donors (Lipinski definition) is 1. The van der Waals surface area contributed by atoms with E-state index in [2.05, 4.69) is 34.5 Å². The smallest absolute Gasteiger partial charge is 0.254 e. The Hall–Kier alpha value is -2.66. The maximum Gasteiger partial charge on any atom is 0.254 e. The van der Waals surface area contributed by atoms with Crippen LogP contribution in [0.4, 0.5) is 0 Å². The normalized spacial score (nSPS) is 22.3. The summed E-state index contributed by atoms with van der Waals surface area (Å²) in [5.41, 5.74) is 4.48. The molecule has 1 aliphatic heterocycles. The van der Waals surface area contributed by atoms with E-state index in [1.165, 1.54) is 24.0 Å². The Morgan fingerprint density at radius 2 is 1.59 bits per heavy atom. The molecule has 2 aromatic rings. The molecule has 0 spiro atoms. The van der Waals surface area contributed by atoms with Crippen LogP contribution in [-0.2, 0) is 11.2 Å². The van der Waals surface area contributed by atoms with Crippen molar-refractivity contribution >= 4 is 11.8 Å². The van der Waals surface area contributed by atoms with Crippen LogP contribution in [0.3, 0.4) is 0 Å². The van der Waals surface area contributed by atoms with Gasteiger partial charge in [0.15, 0.2) is 0 Å². The third-order valence-corrected chi connectivity index (χ3v) is 8.17. The Morgan fingerprint density at radius 3 is 2.35 bits per heavy atom. The number of nitrogens with zero attached hydrogens (tertiary/aromatic N) is 2. The van der Waals surface area contributed by atoms with E-state index in [0.29, 0.717) is 19.0 Å². The molecule has 3 aliphatic rings. The molecule has 0 unspecified atom stereocenters. The van der Waals surface area contributed by atoms with Crippen LogP contribution in [0.2, 0.25) is 0 Å². The van der Waals surface area contributed by atoms with Crippen molar-refractivity contribution in [2.45, 2.75) is 64.0 Å². The molecule has 2 aromatic carbocycles. The first-order valence-corrected chi connectivity index (χ1v) is 13.1. The molecule has 5 rings (SSSR count). The van der Waals surface area contributed by atoms with Gasteiger partial charge in [-0.1, -0.05) is 55.3 Å². The second-order valence-corrected chi connectivity index (χ2v) is 10.3. The molecular weight excluding hydrogens is 422 g/mol. The maximum atomic E-state index is 13.8. The summed E-state index contributed by atoms with van der Waals surface area (Å²) in [6.45, 7) is 4.86. The van der Waals surface area contributed by atoms with Gasteiger partial charge in [0.25, 0.3) is 5.91 Å². The number of nitrogens with one attached hydrogen (secondary N) is 1. The molecule has 2 atom stereocenters. The molecular formula is C29H37N3O2. The third-order valence-electron chi connectivity index (χ3n) is 8.17. The highest BCUT2D eigenvalue weighted by molar-refractivity contribution is 5.95. The van der Waals surface area contributed by atoms with E-state index < -0.39 is 0 Å². The molecule has 2 amide bonds. The lowest BCUT2D eigenvalue weighted by Gasteiger charge is -2.41. The number of hydrogen-bond acceptors (Lipinski definition) is 3. The number of benzene rings is 2.